The Morgan fingerprint density at radius 3 is 2.44 bits per heavy atom. The molecule has 0 aliphatic carbocycles. The third-order valence-corrected chi connectivity index (χ3v) is 4.55. The lowest BCUT2D eigenvalue weighted by Crippen LogP contribution is -2.55. The van der Waals surface area contributed by atoms with Crippen LogP contribution in [0.5, 0.6) is 0 Å². The molecule has 3 atom stereocenters. The molecule has 0 unspecified atom stereocenters. The van der Waals surface area contributed by atoms with E-state index in [1.165, 1.54) is 6.33 Å². The van der Waals surface area contributed by atoms with Gasteiger partial charge in [-0.1, -0.05) is 13.8 Å². The lowest BCUT2D eigenvalue weighted by atomic mass is 10.0. The molecule has 0 aromatic carbocycles. The van der Waals surface area contributed by atoms with Crippen molar-refractivity contribution < 1.29 is 19.5 Å². The SMILES string of the molecule is CSCC[C@H](N)C(=O)N[C@@H](Cc1cnc[nH]1)C(=O)N[C@@H](CC(C)C)C(=O)O. The standard InChI is InChI=1S/C17H29N5O4S/c1-10(2)6-14(17(25)26)22-16(24)13(7-11-8-19-9-20-11)21-15(23)12(18)4-5-27-3/h8-10,12-14H,4-7,18H2,1-3H3,(H,19,20)(H,21,23)(H,22,24)(H,25,26)/t12-,13-,14-/m0/s1. The molecule has 152 valence electrons. The van der Waals surface area contributed by atoms with Crippen LogP contribution in [-0.2, 0) is 20.8 Å². The molecule has 0 saturated carbocycles. The average molecular weight is 400 g/mol. The molecule has 0 aliphatic heterocycles. The number of nitrogens with two attached hydrogens (primary N) is 1. The third kappa shape index (κ3) is 8.44. The van der Waals surface area contributed by atoms with Crippen molar-refractivity contribution in [2.24, 2.45) is 11.7 Å². The largest absolute Gasteiger partial charge is 0.480 e. The monoisotopic (exact) mass is 399 g/mol. The second-order valence-corrected chi connectivity index (χ2v) is 7.74. The number of thioether (sulfide) groups is 1. The van der Waals surface area contributed by atoms with Gasteiger partial charge in [-0.25, -0.2) is 9.78 Å². The van der Waals surface area contributed by atoms with Gasteiger partial charge >= 0.3 is 5.97 Å². The Balaban J connectivity index is 2.84. The minimum absolute atomic E-state index is 0.0898. The molecule has 0 bridgehead atoms. The highest BCUT2D eigenvalue weighted by Crippen LogP contribution is 2.07. The van der Waals surface area contributed by atoms with Crippen LogP contribution in [0.4, 0.5) is 0 Å². The molecule has 0 spiro atoms. The first-order chi connectivity index (χ1) is 12.7. The van der Waals surface area contributed by atoms with E-state index in [0.29, 0.717) is 18.5 Å². The van der Waals surface area contributed by atoms with E-state index in [0.717, 1.165) is 5.75 Å². The summed E-state index contributed by atoms with van der Waals surface area (Å²) in [4.78, 5) is 43.2. The predicted octanol–water partition coefficient (Wildman–Crippen LogP) is 0.133. The number of H-pyrrole nitrogens is 1. The molecule has 0 radical (unpaired) electrons. The normalized spacial score (nSPS) is 14.4. The van der Waals surface area contributed by atoms with Crippen molar-refractivity contribution in [1.29, 1.82) is 0 Å². The summed E-state index contributed by atoms with van der Waals surface area (Å²) in [6.07, 6.45) is 5.86. The van der Waals surface area contributed by atoms with Crippen molar-refractivity contribution in [3.63, 3.8) is 0 Å². The Labute approximate surface area is 163 Å². The highest BCUT2D eigenvalue weighted by atomic mass is 32.2. The fourth-order valence-corrected chi connectivity index (χ4v) is 2.94. The van der Waals surface area contributed by atoms with E-state index in [4.69, 9.17) is 5.73 Å². The zero-order valence-electron chi connectivity index (χ0n) is 15.9. The van der Waals surface area contributed by atoms with Crippen LogP contribution in [0.3, 0.4) is 0 Å². The van der Waals surface area contributed by atoms with Gasteiger partial charge in [-0.05, 0) is 30.8 Å². The molecule has 27 heavy (non-hydrogen) atoms. The minimum atomic E-state index is -1.11. The molecule has 1 heterocycles. The summed E-state index contributed by atoms with van der Waals surface area (Å²) in [7, 11) is 0. The Morgan fingerprint density at radius 1 is 1.26 bits per heavy atom. The summed E-state index contributed by atoms with van der Waals surface area (Å²) in [6.45, 7) is 3.74. The van der Waals surface area contributed by atoms with E-state index < -0.39 is 35.9 Å². The van der Waals surface area contributed by atoms with Gasteiger partial charge in [0.1, 0.15) is 12.1 Å². The second kappa shape index (κ2) is 11.6. The van der Waals surface area contributed by atoms with Crippen LogP contribution in [-0.4, -0.2) is 63.0 Å². The first-order valence-corrected chi connectivity index (χ1v) is 10.2. The van der Waals surface area contributed by atoms with Gasteiger partial charge in [-0.15, -0.1) is 0 Å². The van der Waals surface area contributed by atoms with E-state index in [2.05, 4.69) is 20.6 Å². The number of nitrogens with zero attached hydrogens (tertiary/aromatic N) is 1. The first-order valence-electron chi connectivity index (χ1n) is 8.79. The molecular formula is C17H29N5O4S. The Bertz CT molecular complexity index is 608. The van der Waals surface area contributed by atoms with Crippen LogP contribution >= 0.6 is 11.8 Å². The van der Waals surface area contributed by atoms with Crippen molar-refractivity contribution in [1.82, 2.24) is 20.6 Å². The number of carbonyl (C=O) groups excluding carboxylic acids is 2. The highest BCUT2D eigenvalue weighted by Gasteiger charge is 2.28. The van der Waals surface area contributed by atoms with Crippen molar-refractivity contribution in [3.05, 3.63) is 18.2 Å². The van der Waals surface area contributed by atoms with Crippen molar-refractivity contribution in [3.8, 4) is 0 Å². The summed E-state index contributed by atoms with van der Waals surface area (Å²) in [5.41, 5.74) is 6.51. The molecule has 0 aliphatic rings. The lowest BCUT2D eigenvalue weighted by Gasteiger charge is -2.23. The lowest BCUT2D eigenvalue weighted by molar-refractivity contribution is -0.142. The fraction of sp³-hybridized carbons (Fsp3) is 0.647. The molecule has 0 fully saturated rings. The molecule has 10 heteroatoms. The van der Waals surface area contributed by atoms with Crippen LogP contribution < -0.4 is 16.4 Å². The smallest absolute Gasteiger partial charge is 0.326 e. The number of carboxylic acids is 1. The van der Waals surface area contributed by atoms with Gasteiger partial charge in [0.25, 0.3) is 0 Å². The fourth-order valence-electron chi connectivity index (χ4n) is 2.45. The third-order valence-electron chi connectivity index (χ3n) is 3.90. The number of hydrogen-bond acceptors (Lipinski definition) is 6. The van der Waals surface area contributed by atoms with Gasteiger partial charge < -0.3 is 26.5 Å². The number of carboxylic acid groups (broad SMARTS) is 1. The number of rotatable bonds is 12. The van der Waals surface area contributed by atoms with Crippen LogP contribution in [0, 0.1) is 5.92 Å². The number of aromatic nitrogens is 2. The molecule has 6 N–H and O–H groups in total. The quantitative estimate of drug-likeness (QED) is 0.335. The zero-order valence-corrected chi connectivity index (χ0v) is 16.7. The van der Waals surface area contributed by atoms with Crippen LogP contribution in [0.25, 0.3) is 0 Å². The van der Waals surface area contributed by atoms with Gasteiger partial charge in [0.2, 0.25) is 11.8 Å². The summed E-state index contributed by atoms with van der Waals surface area (Å²) in [5.74, 6) is -1.31. The van der Waals surface area contributed by atoms with Crippen molar-refractivity contribution >= 4 is 29.5 Å². The molecular weight excluding hydrogens is 370 g/mol. The number of aromatic amines is 1. The molecule has 1 aromatic heterocycles. The number of carbonyl (C=O) groups is 3. The Kier molecular flexibility index (Phi) is 9.87. The van der Waals surface area contributed by atoms with E-state index in [1.807, 2.05) is 20.1 Å². The maximum atomic E-state index is 12.7. The molecule has 9 nitrogen and oxygen atoms in total. The second-order valence-electron chi connectivity index (χ2n) is 6.76. The average Bonchev–Trinajstić information content (AvgIpc) is 3.10. The number of imidazole rings is 1. The topological polar surface area (TPSA) is 150 Å². The number of amides is 2. The van der Waals surface area contributed by atoms with E-state index in [1.54, 1.807) is 18.0 Å². The number of nitrogens with one attached hydrogen (secondary N) is 3. The van der Waals surface area contributed by atoms with Gasteiger partial charge in [0.05, 0.1) is 12.4 Å². The van der Waals surface area contributed by atoms with E-state index >= 15 is 0 Å². The summed E-state index contributed by atoms with van der Waals surface area (Å²) in [6, 6.07) is -2.71. The van der Waals surface area contributed by atoms with Gasteiger partial charge in [0.15, 0.2) is 0 Å². The van der Waals surface area contributed by atoms with Gasteiger partial charge in [-0.2, -0.15) is 11.8 Å². The highest BCUT2D eigenvalue weighted by molar-refractivity contribution is 7.98. The minimum Gasteiger partial charge on any atom is -0.480 e. The molecule has 1 rings (SSSR count). The van der Waals surface area contributed by atoms with Crippen molar-refractivity contribution in [2.45, 2.75) is 51.2 Å². The van der Waals surface area contributed by atoms with E-state index in [-0.39, 0.29) is 12.3 Å². The zero-order chi connectivity index (χ0) is 20.4. The van der Waals surface area contributed by atoms with Crippen LogP contribution in [0.15, 0.2) is 12.5 Å². The van der Waals surface area contributed by atoms with Crippen LogP contribution in [0.2, 0.25) is 0 Å². The number of hydrogen-bond donors (Lipinski definition) is 5. The maximum Gasteiger partial charge on any atom is 0.326 e. The Morgan fingerprint density at radius 2 is 1.93 bits per heavy atom. The van der Waals surface area contributed by atoms with Gasteiger partial charge in [-0.3, -0.25) is 9.59 Å². The molecule has 2 amide bonds. The molecule has 0 saturated heterocycles. The number of aliphatic carboxylic acids is 1. The summed E-state index contributed by atoms with van der Waals surface area (Å²) >= 11 is 1.58. The summed E-state index contributed by atoms with van der Waals surface area (Å²) < 4.78 is 0. The molecule has 1 aromatic rings. The van der Waals surface area contributed by atoms with Crippen molar-refractivity contribution in [2.75, 3.05) is 12.0 Å². The Hall–Kier alpha value is -2.07. The maximum absolute atomic E-state index is 12.7. The predicted molar refractivity (Wildman–Crippen MR) is 104 cm³/mol. The van der Waals surface area contributed by atoms with Gasteiger partial charge in [0, 0.05) is 18.3 Å². The first kappa shape index (κ1) is 23.0. The van der Waals surface area contributed by atoms with E-state index in [9.17, 15) is 19.5 Å². The van der Waals surface area contributed by atoms with Crippen LogP contribution in [0.1, 0.15) is 32.4 Å². The summed E-state index contributed by atoms with van der Waals surface area (Å²) in [5, 5.41) is 14.5.